The predicted octanol–water partition coefficient (Wildman–Crippen LogP) is 5.57. The SMILES string of the molecule is CCOC(=O)[C@@H](C)C[C@H](Cc1ccccc1)NC(=O)c1csc([C@@H](C[C@H](C(C)C)N(C)C(=O)[C@@H](NC(=O)[C@H]2CCCCN2C)[C@@H](C)CC)OC(C)=O)n1. The lowest BCUT2D eigenvalue weighted by Gasteiger charge is -2.38. The van der Waals surface area contributed by atoms with Crippen LogP contribution in [0.5, 0.6) is 0 Å². The molecule has 13 heteroatoms. The number of rotatable bonds is 19. The van der Waals surface area contributed by atoms with Crippen LogP contribution >= 0.6 is 11.3 Å². The molecule has 1 aliphatic rings. The van der Waals surface area contributed by atoms with Crippen molar-refractivity contribution in [2.75, 3.05) is 27.2 Å². The summed E-state index contributed by atoms with van der Waals surface area (Å²) in [6.07, 6.45) is 3.78. The van der Waals surface area contributed by atoms with Crippen LogP contribution in [0.2, 0.25) is 0 Å². The zero-order chi connectivity index (χ0) is 39.2. The summed E-state index contributed by atoms with van der Waals surface area (Å²) in [7, 11) is 3.68. The van der Waals surface area contributed by atoms with Crippen LogP contribution in [0.1, 0.15) is 114 Å². The Morgan fingerprint density at radius 1 is 1.02 bits per heavy atom. The Hall–Kier alpha value is -3.84. The topological polar surface area (TPSA) is 147 Å². The Morgan fingerprint density at radius 2 is 1.72 bits per heavy atom. The number of amides is 3. The molecule has 3 rings (SSSR count). The van der Waals surface area contributed by atoms with Crippen molar-refractivity contribution in [3.05, 3.63) is 52.0 Å². The van der Waals surface area contributed by atoms with Crippen LogP contribution < -0.4 is 10.6 Å². The summed E-state index contributed by atoms with van der Waals surface area (Å²) in [5.41, 5.74) is 1.18. The summed E-state index contributed by atoms with van der Waals surface area (Å²) in [6, 6.07) is 7.98. The highest BCUT2D eigenvalue weighted by Crippen LogP contribution is 2.31. The van der Waals surface area contributed by atoms with E-state index in [-0.39, 0.29) is 66.5 Å². The van der Waals surface area contributed by atoms with Crippen LogP contribution in [0.4, 0.5) is 0 Å². The maximum Gasteiger partial charge on any atom is 0.308 e. The Morgan fingerprint density at radius 3 is 2.32 bits per heavy atom. The van der Waals surface area contributed by atoms with E-state index in [1.807, 2.05) is 65.1 Å². The van der Waals surface area contributed by atoms with Crippen LogP contribution in [-0.2, 0) is 35.1 Å². The minimum absolute atomic E-state index is 0.0392. The van der Waals surface area contributed by atoms with E-state index in [1.165, 1.54) is 18.3 Å². The van der Waals surface area contributed by atoms with Crippen molar-refractivity contribution in [3.63, 3.8) is 0 Å². The molecule has 3 amide bonds. The number of piperidine rings is 1. The molecular formula is C40H61N5O7S. The van der Waals surface area contributed by atoms with Crippen molar-refractivity contribution in [2.45, 2.75) is 124 Å². The fourth-order valence-electron chi connectivity index (χ4n) is 6.92. The number of thiazole rings is 1. The first-order chi connectivity index (χ1) is 25.2. The summed E-state index contributed by atoms with van der Waals surface area (Å²) in [5.74, 6) is -2.15. The van der Waals surface area contributed by atoms with Gasteiger partial charge < -0.3 is 25.0 Å². The molecule has 294 valence electrons. The van der Waals surface area contributed by atoms with E-state index in [4.69, 9.17) is 9.47 Å². The normalized spacial score (nSPS) is 18.2. The highest BCUT2D eigenvalue weighted by Gasteiger charge is 2.37. The molecule has 1 aromatic carbocycles. The molecule has 7 atom stereocenters. The van der Waals surface area contributed by atoms with E-state index < -0.39 is 29.9 Å². The number of benzene rings is 1. The third kappa shape index (κ3) is 12.9. The van der Waals surface area contributed by atoms with Gasteiger partial charge in [0.2, 0.25) is 11.8 Å². The van der Waals surface area contributed by atoms with Gasteiger partial charge in [0.1, 0.15) is 16.7 Å². The number of likely N-dealkylation sites (N-methyl/N-ethyl adjacent to an activating group) is 2. The number of likely N-dealkylation sites (tertiary alicyclic amines) is 1. The van der Waals surface area contributed by atoms with Crippen LogP contribution in [0.25, 0.3) is 0 Å². The van der Waals surface area contributed by atoms with Gasteiger partial charge >= 0.3 is 11.9 Å². The Labute approximate surface area is 319 Å². The maximum absolute atomic E-state index is 14.2. The standard InChI is InChI=1S/C40H61N5O7S/c1-10-26(5)35(43-37(48)32-19-15-16-20-44(32)8)39(49)45(9)33(25(3)4)23-34(52-28(7)46)38-42-31(24-53-38)36(47)41-30(21-27(6)40(50)51-11-2)22-29-17-13-12-14-18-29/h12-14,17-18,24-27,30,32-35H,10-11,15-16,19-23H2,1-9H3,(H,41,47)(H,43,48)/t26-,27-,30+,32+,33+,34+,35-/m0/s1. The van der Waals surface area contributed by atoms with Crippen molar-refractivity contribution in [1.82, 2.24) is 25.4 Å². The molecule has 2 aromatic rings. The first kappa shape index (κ1) is 43.6. The second-order valence-electron chi connectivity index (χ2n) is 14.8. The Balaban J connectivity index is 1.81. The van der Waals surface area contributed by atoms with Crippen molar-refractivity contribution in [1.29, 1.82) is 0 Å². The average Bonchev–Trinajstić information content (AvgIpc) is 3.62. The van der Waals surface area contributed by atoms with Gasteiger partial charge in [-0.1, -0.05) is 77.8 Å². The summed E-state index contributed by atoms with van der Waals surface area (Å²) in [4.78, 5) is 74.5. The van der Waals surface area contributed by atoms with Gasteiger partial charge in [0.25, 0.3) is 5.91 Å². The zero-order valence-electron chi connectivity index (χ0n) is 33.1. The highest BCUT2D eigenvalue weighted by molar-refractivity contribution is 7.09. The zero-order valence-corrected chi connectivity index (χ0v) is 33.9. The van der Waals surface area contributed by atoms with Gasteiger partial charge in [-0.25, -0.2) is 4.98 Å². The lowest BCUT2D eigenvalue weighted by Crippen LogP contribution is -2.58. The van der Waals surface area contributed by atoms with Gasteiger partial charge in [0.15, 0.2) is 6.10 Å². The number of nitrogens with one attached hydrogen (secondary N) is 2. The number of carbonyl (C=O) groups excluding carboxylic acids is 5. The number of nitrogens with zero attached hydrogens (tertiary/aromatic N) is 3. The lowest BCUT2D eigenvalue weighted by atomic mass is 9.92. The minimum Gasteiger partial charge on any atom is -0.466 e. The van der Waals surface area contributed by atoms with Crippen LogP contribution in [-0.4, -0.2) is 95.9 Å². The average molecular weight is 756 g/mol. The first-order valence-electron chi connectivity index (χ1n) is 19.1. The quantitative estimate of drug-likeness (QED) is 0.176. The van der Waals surface area contributed by atoms with Crippen molar-refractivity contribution >= 4 is 41.0 Å². The molecule has 1 fully saturated rings. The number of carbonyl (C=O) groups is 5. The summed E-state index contributed by atoms with van der Waals surface area (Å²) in [6.45, 7) is 14.0. The molecule has 2 heterocycles. The third-order valence-corrected chi connectivity index (χ3v) is 11.2. The predicted molar refractivity (Wildman–Crippen MR) is 206 cm³/mol. The van der Waals surface area contributed by atoms with Gasteiger partial charge in [-0.3, -0.25) is 28.9 Å². The lowest BCUT2D eigenvalue weighted by molar-refractivity contribution is -0.149. The van der Waals surface area contributed by atoms with Crippen molar-refractivity contribution in [2.24, 2.45) is 17.8 Å². The van der Waals surface area contributed by atoms with E-state index in [9.17, 15) is 24.0 Å². The molecule has 1 aliphatic heterocycles. The fraction of sp³-hybridized carbons (Fsp3) is 0.650. The smallest absolute Gasteiger partial charge is 0.308 e. The van der Waals surface area contributed by atoms with E-state index in [0.717, 1.165) is 31.4 Å². The second kappa shape index (κ2) is 21.2. The molecule has 0 radical (unpaired) electrons. The van der Waals surface area contributed by atoms with Gasteiger partial charge in [0, 0.05) is 37.9 Å². The molecule has 0 saturated carbocycles. The molecule has 1 aromatic heterocycles. The van der Waals surface area contributed by atoms with Crippen molar-refractivity contribution < 1.29 is 33.4 Å². The molecule has 1 saturated heterocycles. The molecule has 12 nitrogen and oxygen atoms in total. The molecule has 2 N–H and O–H groups in total. The number of hydrogen-bond acceptors (Lipinski definition) is 10. The molecule has 0 bridgehead atoms. The second-order valence-corrected chi connectivity index (χ2v) is 15.7. The van der Waals surface area contributed by atoms with E-state index >= 15 is 0 Å². The Bertz CT molecular complexity index is 1500. The number of ether oxygens (including phenoxy) is 2. The largest absolute Gasteiger partial charge is 0.466 e. The van der Waals surface area contributed by atoms with Gasteiger partial charge in [-0.15, -0.1) is 11.3 Å². The van der Waals surface area contributed by atoms with E-state index in [2.05, 4.69) is 20.5 Å². The Kier molecular flexibility index (Phi) is 17.4. The third-order valence-electron chi connectivity index (χ3n) is 10.2. The van der Waals surface area contributed by atoms with Crippen LogP contribution in [0.3, 0.4) is 0 Å². The summed E-state index contributed by atoms with van der Waals surface area (Å²) >= 11 is 1.21. The highest BCUT2D eigenvalue weighted by atomic mass is 32.1. The molecular weight excluding hydrogens is 695 g/mol. The number of esters is 2. The van der Waals surface area contributed by atoms with Crippen molar-refractivity contribution in [3.8, 4) is 0 Å². The van der Waals surface area contributed by atoms with Crippen LogP contribution in [0.15, 0.2) is 35.7 Å². The summed E-state index contributed by atoms with van der Waals surface area (Å²) < 4.78 is 11.0. The molecule has 0 spiro atoms. The monoisotopic (exact) mass is 755 g/mol. The van der Waals surface area contributed by atoms with E-state index in [1.54, 1.807) is 31.2 Å². The van der Waals surface area contributed by atoms with Gasteiger partial charge in [-0.2, -0.15) is 0 Å². The van der Waals surface area contributed by atoms with Gasteiger partial charge in [-0.05, 0) is 63.6 Å². The van der Waals surface area contributed by atoms with Gasteiger partial charge in [0.05, 0.1) is 18.6 Å². The molecule has 53 heavy (non-hydrogen) atoms. The first-order valence-corrected chi connectivity index (χ1v) is 20.0. The van der Waals surface area contributed by atoms with Crippen LogP contribution in [0, 0.1) is 17.8 Å². The van der Waals surface area contributed by atoms with E-state index in [0.29, 0.717) is 24.3 Å². The number of hydrogen-bond donors (Lipinski definition) is 2. The molecule has 0 unspecified atom stereocenters. The fourth-order valence-corrected chi connectivity index (χ4v) is 7.76. The molecule has 0 aliphatic carbocycles. The summed E-state index contributed by atoms with van der Waals surface area (Å²) in [5, 5.41) is 8.22. The minimum atomic E-state index is -0.821. The number of aromatic nitrogens is 1. The maximum atomic E-state index is 14.2.